The Morgan fingerprint density at radius 1 is 1.47 bits per heavy atom. The summed E-state index contributed by atoms with van der Waals surface area (Å²) in [5.74, 6) is 0.275. The van der Waals surface area contributed by atoms with Crippen LogP contribution in [0.2, 0.25) is 0 Å². The fourth-order valence-corrected chi connectivity index (χ4v) is 2.19. The van der Waals surface area contributed by atoms with Gasteiger partial charge < -0.3 is 4.90 Å². The summed E-state index contributed by atoms with van der Waals surface area (Å²) < 4.78 is 0. The van der Waals surface area contributed by atoms with Crippen LogP contribution < -0.4 is 0 Å². The molecular weight excluding hydrogens is 262 g/mol. The van der Waals surface area contributed by atoms with E-state index in [1.165, 1.54) is 6.20 Å². The van der Waals surface area contributed by atoms with Gasteiger partial charge in [-0.05, 0) is 25.0 Å². The number of nitriles is 1. The van der Waals surface area contributed by atoms with Crippen LogP contribution in [0.1, 0.15) is 42.7 Å². The molecule has 4 nitrogen and oxygen atoms in total. The lowest BCUT2D eigenvalue weighted by Gasteiger charge is -2.29. The van der Waals surface area contributed by atoms with Crippen molar-refractivity contribution >= 4 is 17.5 Å². The van der Waals surface area contributed by atoms with Crippen molar-refractivity contribution in [2.24, 2.45) is 0 Å². The van der Waals surface area contributed by atoms with Crippen molar-refractivity contribution in [3.63, 3.8) is 0 Å². The van der Waals surface area contributed by atoms with Gasteiger partial charge >= 0.3 is 0 Å². The monoisotopic (exact) mass is 279 g/mol. The fraction of sp³-hybridized carbons (Fsp3) is 0.500. The molecule has 1 heterocycles. The van der Waals surface area contributed by atoms with Gasteiger partial charge in [-0.2, -0.15) is 5.26 Å². The first-order valence-electron chi connectivity index (χ1n) is 6.40. The second kappa shape index (κ2) is 7.75. The number of nitrogens with zero attached hydrogens (tertiary/aromatic N) is 3. The van der Waals surface area contributed by atoms with E-state index >= 15 is 0 Å². The van der Waals surface area contributed by atoms with E-state index in [1.54, 1.807) is 17.0 Å². The number of amides is 1. The Morgan fingerprint density at radius 2 is 2.16 bits per heavy atom. The molecule has 0 aliphatic carbocycles. The topological polar surface area (TPSA) is 57.0 Å². The van der Waals surface area contributed by atoms with E-state index in [-0.39, 0.29) is 11.9 Å². The van der Waals surface area contributed by atoms with Crippen LogP contribution in [-0.2, 0) is 0 Å². The third-order valence-corrected chi connectivity index (χ3v) is 3.25. The smallest absolute Gasteiger partial charge is 0.272 e. The normalized spacial score (nSPS) is 10.3. The summed E-state index contributed by atoms with van der Waals surface area (Å²) in [6.45, 7) is 4.61. The van der Waals surface area contributed by atoms with Gasteiger partial charge in [0.2, 0.25) is 0 Å². The van der Waals surface area contributed by atoms with E-state index in [0.29, 0.717) is 23.7 Å². The van der Waals surface area contributed by atoms with Gasteiger partial charge in [0, 0.05) is 24.7 Å². The second-order valence-electron chi connectivity index (χ2n) is 4.20. The van der Waals surface area contributed by atoms with Crippen molar-refractivity contribution < 1.29 is 4.79 Å². The highest BCUT2D eigenvalue weighted by atomic mass is 35.5. The maximum absolute atomic E-state index is 12.4. The SMILES string of the molecule is CCC(CC)N(CCCl)C(=O)c1ccc(C#N)cn1. The predicted molar refractivity (Wildman–Crippen MR) is 75.1 cm³/mol. The van der Waals surface area contributed by atoms with Gasteiger partial charge in [-0.15, -0.1) is 11.6 Å². The summed E-state index contributed by atoms with van der Waals surface area (Å²) in [5.41, 5.74) is 0.805. The molecule has 1 amide bonds. The van der Waals surface area contributed by atoms with Crippen molar-refractivity contribution in [1.82, 2.24) is 9.88 Å². The first-order valence-corrected chi connectivity index (χ1v) is 6.94. The van der Waals surface area contributed by atoms with Crippen molar-refractivity contribution in [3.05, 3.63) is 29.6 Å². The molecule has 0 bridgehead atoms. The number of halogens is 1. The quantitative estimate of drug-likeness (QED) is 0.753. The Bertz CT molecular complexity index is 449. The van der Waals surface area contributed by atoms with Crippen molar-refractivity contribution in [2.75, 3.05) is 12.4 Å². The molecule has 19 heavy (non-hydrogen) atoms. The average molecular weight is 280 g/mol. The first kappa shape index (κ1) is 15.5. The maximum atomic E-state index is 12.4. The molecule has 0 spiro atoms. The minimum absolute atomic E-state index is 0.126. The van der Waals surface area contributed by atoms with Crippen molar-refractivity contribution in [3.8, 4) is 6.07 Å². The average Bonchev–Trinajstić information content (AvgIpc) is 2.47. The molecule has 0 atom stereocenters. The van der Waals surface area contributed by atoms with Crippen LogP contribution in [-0.4, -0.2) is 34.3 Å². The molecule has 0 radical (unpaired) electrons. The van der Waals surface area contributed by atoms with Crippen LogP contribution in [0.15, 0.2) is 18.3 Å². The van der Waals surface area contributed by atoms with Crippen LogP contribution in [0.4, 0.5) is 0 Å². The number of rotatable bonds is 6. The summed E-state index contributed by atoms with van der Waals surface area (Å²) in [6, 6.07) is 5.35. The molecule has 0 unspecified atom stereocenters. The molecule has 0 fully saturated rings. The molecule has 0 aliphatic heterocycles. The molecule has 1 rings (SSSR count). The largest absolute Gasteiger partial charge is 0.333 e. The van der Waals surface area contributed by atoms with E-state index in [9.17, 15) is 4.79 Å². The number of carbonyl (C=O) groups is 1. The molecule has 5 heteroatoms. The van der Waals surface area contributed by atoms with Gasteiger partial charge in [0.1, 0.15) is 11.8 Å². The fourth-order valence-electron chi connectivity index (χ4n) is 2.00. The van der Waals surface area contributed by atoms with E-state index in [4.69, 9.17) is 16.9 Å². The minimum Gasteiger partial charge on any atom is -0.333 e. The van der Waals surface area contributed by atoms with Gasteiger partial charge in [-0.3, -0.25) is 4.79 Å². The lowest BCUT2D eigenvalue weighted by atomic mass is 10.1. The highest BCUT2D eigenvalue weighted by Gasteiger charge is 2.22. The number of aromatic nitrogens is 1. The van der Waals surface area contributed by atoms with Crippen LogP contribution in [0.3, 0.4) is 0 Å². The Balaban J connectivity index is 2.95. The van der Waals surface area contributed by atoms with Crippen LogP contribution in [0.25, 0.3) is 0 Å². The maximum Gasteiger partial charge on any atom is 0.272 e. The van der Waals surface area contributed by atoms with E-state index < -0.39 is 0 Å². The number of hydrogen-bond donors (Lipinski definition) is 0. The Morgan fingerprint density at radius 3 is 2.58 bits per heavy atom. The molecule has 0 saturated carbocycles. The Labute approximate surface area is 119 Å². The summed E-state index contributed by atoms with van der Waals surface area (Å²) in [6.07, 6.45) is 3.18. The highest BCUT2D eigenvalue weighted by Crippen LogP contribution is 2.13. The van der Waals surface area contributed by atoms with Gasteiger partial charge in [-0.25, -0.2) is 4.98 Å². The second-order valence-corrected chi connectivity index (χ2v) is 4.58. The molecule has 102 valence electrons. The molecule has 0 aromatic carbocycles. The zero-order valence-corrected chi connectivity index (χ0v) is 12.0. The first-order chi connectivity index (χ1) is 9.17. The van der Waals surface area contributed by atoms with Gasteiger partial charge in [0.15, 0.2) is 0 Å². The molecule has 1 aromatic heterocycles. The molecular formula is C14H18ClN3O. The van der Waals surface area contributed by atoms with E-state index in [2.05, 4.69) is 18.8 Å². The van der Waals surface area contributed by atoms with Crippen LogP contribution in [0.5, 0.6) is 0 Å². The third kappa shape index (κ3) is 3.93. The zero-order chi connectivity index (χ0) is 14.3. The minimum atomic E-state index is -0.126. The Kier molecular flexibility index (Phi) is 6.31. The molecule has 0 saturated heterocycles. The number of hydrogen-bond acceptors (Lipinski definition) is 3. The Hall–Kier alpha value is -1.60. The molecule has 0 aliphatic rings. The van der Waals surface area contributed by atoms with Crippen LogP contribution in [0, 0.1) is 11.3 Å². The number of carbonyl (C=O) groups excluding carboxylic acids is 1. The lowest BCUT2D eigenvalue weighted by Crippen LogP contribution is -2.41. The van der Waals surface area contributed by atoms with Gasteiger partial charge in [0.25, 0.3) is 5.91 Å². The van der Waals surface area contributed by atoms with Crippen molar-refractivity contribution in [2.45, 2.75) is 32.7 Å². The lowest BCUT2D eigenvalue weighted by molar-refractivity contribution is 0.0675. The van der Waals surface area contributed by atoms with E-state index in [1.807, 2.05) is 6.07 Å². The van der Waals surface area contributed by atoms with Crippen molar-refractivity contribution in [1.29, 1.82) is 5.26 Å². The summed E-state index contributed by atoms with van der Waals surface area (Å²) >= 11 is 5.78. The zero-order valence-electron chi connectivity index (χ0n) is 11.3. The van der Waals surface area contributed by atoms with E-state index in [0.717, 1.165) is 12.8 Å². The number of pyridine rings is 1. The molecule has 0 N–H and O–H groups in total. The van der Waals surface area contributed by atoms with Gasteiger partial charge in [-0.1, -0.05) is 13.8 Å². The summed E-state index contributed by atoms with van der Waals surface area (Å²) in [5, 5.41) is 8.72. The molecule has 1 aromatic rings. The number of alkyl halides is 1. The summed E-state index contributed by atoms with van der Waals surface area (Å²) in [7, 11) is 0. The standard InChI is InChI=1S/C14H18ClN3O/c1-3-12(4-2)18(8-7-15)14(19)13-6-5-11(9-16)10-17-13/h5-6,10,12H,3-4,7-8H2,1-2H3. The predicted octanol–water partition coefficient (Wildman–Crippen LogP) is 2.82. The van der Waals surface area contributed by atoms with Crippen LogP contribution >= 0.6 is 11.6 Å². The highest BCUT2D eigenvalue weighted by molar-refractivity contribution is 6.18. The van der Waals surface area contributed by atoms with Gasteiger partial charge in [0.05, 0.1) is 5.56 Å². The summed E-state index contributed by atoms with van der Waals surface area (Å²) in [4.78, 5) is 18.2. The third-order valence-electron chi connectivity index (χ3n) is 3.08.